The molecule has 1 aromatic carbocycles. The summed E-state index contributed by atoms with van der Waals surface area (Å²) in [6, 6.07) is 3.88. The minimum atomic E-state index is -0.464. The van der Waals surface area contributed by atoms with Crippen LogP contribution >= 0.6 is 0 Å². The number of aromatic nitrogens is 3. The van der Waals surface area contributed by atoms with Gasteiger partial charge in [0.1, 0.15) is 11.6 Å². The lowest BCUT2D eigenvalue weighted by atomic mass is 9.99. The highest BCUT2D eigenvalue weighted by Gasteiger charge is 2.38. The molecule has 2 atom stereocenters. The van der Waals surface area contributed by atoms with Gasteiger partial charge in [0.25, 0.3) is 5.91 Å². The molecule has 1 fully saturated rings. The maximum Gasteiger partial charge on any atom is 0.257 e. The summed E-state index contributed by atoms with van der Waals surface area (Å²) in [5.74, 6) is -0.351. The molecule has 8 heteroatoms. The molecule has 0 aliphatic carbocycles. The van der Waals surface area contributed by atoms with E-state index in [-0.39, 0.29) is 23.6 Å². The maximum atomic E-state index is 13.6. The van der Waals surface area contributed by atoms with Crippen molar-refractivity contribution in [2.24, 2.45) is 0 Å². The normalized spacial score (nSPS) is 22.7. The number of fused-ring (bicyclic) bond motifs is 3. The molecule has 0 N–H and O–H groups in total. The summed E-state index contributed by atoms with van der Waals surface area (Å²) in [5, 5.41) is 8.04. The molecular formula is C16H17FN4O3. The van der Waals surface area contributed by atoms with Gasteiger partial charge in [0.2, 0.25) is 0 Å². The van der Waals surface area contributed by atoms with Gasteiger partial charge in [-0.3, -0.25) is 4.79 Å². The van der Waals surface area contributed by atoms with Crippen molar-refractivity contribution in [1.82, 2.24) is 19.9 Å². The lowest BCUT2D eigenvalue weighted by molar-refractivity contribution is -0.0605. The number of likely N-dealkylation sites (tertiary alicyclic amines) is 1. The molecule has 7 nitrogen and oxygen atoms in total. The van der Waals surface area contributed by atoms with Crippen molar-refractivity contribution >= 4 is 5.91 Å². The number of halogens is 1. The Morgan fingerprint density at radius 3 is 3.17 bits per heavy atom. The number of benzene rings is 1. The average molecular weight is 332 g/mol. The number of carbonyl (C=O) groups is 1. The van der Waals surface area contributed by atoms with Gasteiger partial charge in [0, 0.05) is 13.1 Å². The van der Waals surface area contributed by atoms with Gasteiger partial charge in [-0.15, -0.1) is 5.10 Å². The molecule has 2 aliphatic rings. The van der Waals surface area contributed by atoms with Crippen molar-refractivity contribution in [1.29, 1.82) is 0 Å². The van der Waals surface area contributed by atoms with E-state index in [9.17, 15) is 9.18 Å². The van der Waals surface area contributed by atoms with E-state index in [0.29, 0.717) is 31.9 Å². The molecule has 2 aliphatic heterocycles. The predicted molar refractivity (Wildman–Crippen MR) is 81.1 cm³/mol. The van der Waals surface area contributed by atoms with Crippen LogP contribution in [0.3, 0.4) is 0 Å². The highest BCUT2D eigenvalue weighted by molar-refractivity contribution is 5.97. The number of rotatable bonds is 2. The average Bonchev–Trinajstić information content (AvgIpc) is 3.10. The molecule has 24 heavy (non-hydrogen) atoms. The summed E-state index contributed by atoms with van der Waals surface area (Å²) in [7, 11) is 1.47. The smallest absolute Gasteiger partial charge is 0.257 e. The van der Waals surface area contributed by atoms with Crippen LogP contribution in [0.1, 0.15) is 28.5 Å². The van der Waals surface area contributed by atoms with Crippen molar-refractivity contribution in [3.05, 3.63) is 41.5 Å². The Morgan fingerprint density at radius 2 is 2.33 bits per heavy atom. The number of ether oxygens (including phenoxy) is 2. The fourth-order valence-corrected chi connectivity index (χ4v) is 3.38. The van der Waals surface area contributed by atoms with Crippen LogP contribution in [0.5, 0.6) is 5.75 Å². The Hall–Kier alpha value is -2.48. The van der Waals surface area contributed by atoms with Crippen LogP contribution in [0.4, 0.5) is 4.39 Å². The van der Waals surface area contributed by atoms with Crippen molar-refractivity contribution in [3.8, 4) is 5.75 Å². The summed E-state index contributed by atoms with van der Waals surface area (Å²) >= 11 is 0. The van der Waals surface area contributed by atoms with E-state index < -0.39 is 5.82 Å². The number of amides is 1. The molecule has 1 aromatic heterocycles. The first-order chi connectivity index (χ1) is 11.7. The van der Waals surface area contributed by atoms with Gasteiger partial charge in [-0.2, -0.15) is 0 Å². The van der Waals surface area contributed by atoms with Gasteiger partial charge >= 0.3 is 0 Å². The number of hydrogen-bond acceptors (Lipinski definition) is 5. The van der Waals surface area contributed by atoms with Crippen LogP contribution in [-0.2, 0) is 11.3 Å². The van der Waals surface area contributed by atoms with E-state index >= 15 is 0 Å². The number of nitrogens with zero attached hydrogens (tertiary/aromatic N) is 4. The van der Waals surface area contributed by atoms with Crippen LogP contribution in [0, 0.1) is 5.82 Å². The van der Waals surface area contributed by atoms with E-state index in [4.69, 9.17) is 9.47 Å². The lowest BCUT2D eigenvalue weighted by Crippen LogP contribution is -2.50. The zero-order valence-corrected chi connectivity index (χ0v) is 13.2. The lowest BCUT2D eigenvalue weighted by Gasteiger charge is -2.41. The number of carbonyl (C=O) groups excluding carboxylic acids is 1. The monoisotopic (exact) mass is 332 g/mol. The molecule has 3 heterocycles. The fourth-order valence-electron chi connectivity index (χ4n) is 3.38. The highest BCUT2D eigenvalue weighted by atomic mass is 19.1. The molecule has 0 spiro atoms. The Morgan fingerprint density at radius 1 is 1.46 bits per heavy atom. The van der Waals surface area contributed by atoms with Gasteiger partial charge in [0.05, 0.1) is 43.3 Å². The third-order valence-electron chi connectivity index (χ3n) is 4.61. The van der Waals surface area contributed by atoms with Crippen LogP contribution in [0.15, 0.2) is 24.4 Å². The van der Waals surface area contributed by atoms with Gasteiger partial charge in [0.15, 0.2) is 0 Å². The highest BCUT2D eigenvalue weighted by Crippen LogP contribution is 2.31. The first-order valence-corrected chi connectivity index (χ1v) is 7.81. The number of piperidine rings is 1. The summed E-state index contributed by atoms with van der Waals surface area (Å²) in [6.45, 7) is 1.48. The van der Waals surface area contributed by atoms with Gasteiger partial charge in [-0.05, 0) is 24.6 Å². The predicted octanol–water partition coefficient (Wildman–Crippen LogP) is 1.41. The zero-order valence-electron chi connectivity index (χ0n) is 13.2. The van der Waals surface area contributed by atoms with E-state index in [1.165, 1.54) is 25.3 Å². The Bertz CT molecular complexity index is 778. The third kappa shape index (κ3) is 2.43. The van der Waals surface area contributed by atoms with E-state index in [0.717, 1.165) is 5.69 Å². The third-order valence-corrected chi connectivity index (χ3v) is 4.61. The molecular weight excluding hydrogens is 315 g/mol. The molecule has 4 rings (SSSR count). The Kier molecular flexibility index (Phi) is 3.68. The van der Waals surface area contributed by atoms with Gasteiger partial charge < -0.3 is 14.4 Å². The van der Waals surface area contributed by atoms with Gasteiger partial charge in [-0.25, -0.2) is 9.07 Å². The van der Waals surface area contributed by atoms with Crippen LogP contribution in [0.25, 0.3) is 0 Å². The maximum absolute atomic E-state index is 13.6. The van der Waals surface area contributed by atoms with Gasteiger partial charge in [-0.1, -0.05) is 5.21 Å². The van der Waals surface area contributed by atoms with E-state index in [1.54, 1.807) is 11.1 Å². The summed E-state index contributed by atoms with van der Waals surface area (Å²) in [4.78, 5) is 14.5. The van der Waals surface area contributed by atoms with E-state index in [1.807, 2.05) is 4.68 Å². The summed E-state index contributed by atoms with van der Waals surface area (Å²) in [5.41, 5.74) is 1.13. The molecule has 0 bridgehead atoms. The quantitative estimate of drug-likeness (QED) is 0.832. The molecule has 2 aromatic rings. The van der Waals surface area contributed by atoms with Crippen LogP contribution < -0.4 is 4.74 Å². The molecule has 0 saturated carbocycles. The number of hydrogen-bond donors (Lipinski definition) is 0. The fraction of sp³-hybridized carbons (Fsp3) is 0.438. The standard InChI is InChI=1S/C16H17FN4O3/c1-23-14-3-2-10(17)6-12(14)16(22)20-5-4-15-13(8-20)21-11(9-24-15)7-18-19-21/h2-3,6-7,13,15H,4-5,8-9H2,1H3/t13-,15-/m0/s1. The second kappa shape index (κ2) is 5.86. The first kappa shape index (κ1) is 15.1. The Labute approximate surface area is 138 Å². The SMILES string of the molecule is COc1ccc(F)cc1C(=O)N1CC[C@@H]2OCc3cnnn3[C@H]2C1. The first-order valence-electron chi connectivity index (χ1n) is 7.81. The van der Waals surface area contributed by atoms with Crippen molar-refractivity contribution in [2.45, 2.75) is 25.2 Å². The second-order valence-corrected chi connectivity index (χ2v) is 5.97. The topological polar surface area (TPSA) is 69.5 Å². The molecule has 1 amide bonds. The summed E-state index contributed by atoms with van der Waals surface area (Å²) < 4.78 is 26.4. The van der Waals surface area contributed by atoms with Crippen LogP contribution in [-0.4, -0.2) is 52.1 Å². The number of methoxy groups -OCH3 is 1. The van der Waals surface area contributed by atoms with Crippen molar-refractivity contribution in [3.63, 3.8) is 0 Å². The molecule has 0 unspecified atom stereocenters. The van der Waals surface area contributed by atoms with Crippen molar-refractivity contribution < 1.29 is 18.7 Å². The Balaban J connectivity index is 1.61. The minimum absolute atomic E-state index is 0.0117. The molecule has 1 saturated heterocycles. The van der Waals surface area contributed by atoms with Crippen LogP contribution in [0.2, 0.25) is 0 Å². The van der Waals surface area contributed by atoms with Crippen molar-refractivity contribution in [2.75, 3.05) is 20.2 Å². The van der Waals surface area contributed by atoms with E-state index in [2.05, 4.69) is 10.3 Å². The minimum Gasteiger partial charge on any atom is -0.496 e. The zero-order chi connectivity index (χ0) is 16.7. The molecule has 0 radical (unpaired) electrons. The largest absolute Gasteiger partial charge is 0.496 e. The second-order valence-electron chi connectivity index (χ2n) is 5.97. The molecule has 126 valence electrons. The summed E-state index contributed by atoms with van der Waals surface area (Å²) in [6.07, 6.45) is 2.39.